The molecular weight excluding hydrogens is 658 g/mol. The molecule has 5 rings (SSSR count). The van der Waals surface area contributed by atoms with Crippen molar-refractivity contribution in [2.45, 2.75) is 70.4 Å². The number of nitrogens with zero attached hydrogens (tertiary/aromatic N) is 4. The summed E-state index contributed by atoms with van der Waals surface area (Å²) < 4.78 is 1.62. The van der Waals surface area contributed by atoms with E-state index in [9.17, 15) is 19.5 Å². The maximum Gasteiger partial charge on any atom is 0.274 e. The number of nitrogens with one attached hydrogen (secondary N) is 1. The third-order valence-electron chi connectivity index (χ3n) is 8.92. The van der Waals surface area contributed by atoms with E-state index in [0.717, 1.165) is 41.7 Å². The second kappa shape index (κ2) is 16.5. The predicted molar refractivity (Wildman–Crippen MR) is 196 cm³/mol. The molecule has 1 aliphatic rings. The van der Waals surface area contributed by atoms with Gasteiger partial charge in [-0.05, 0) is 86.0 Å². The number of hydrogen-bond donors (Lipinski definition) is 2. The average Bonchev–Trinajstić information content (AvgIpc) is 3.51. The quantitative estimate of drug-likeness (QED) is 0.141. The third kappa shape index (κ3) is 8.20. The van der Waals surface area contributed by atoms with Gasteiger partial charge in [0.25, 0.3) is 17.7 Å². The number of rotatable bonds is 13. The molecule has 1 aromatic heterocycles. The maximum absolute atomic E-state index is 14.6. The highest BCUT2D eigenvalue weighted by atomic mass is 35.5. The predicted octanol–water partition coefficient (Wildman–Crippen LogP) is 7.41. The molecule has 0 fully saturated rings. The standard InChI is InChI=1S/C38H44ClN5O4S/c1-5-7-17-42(18-8-6-2)38(48)34-19-25(3)44(41-34)35-16-13-28(40-36(46)31-22-30(49-4)14-15-33(31)39)21-32(35)37(47)43-23-27-12-10-9-11-26(27)20-29(43)24-45/h9-16,19,21-22,29,45H,5-8,17-18,20,23-24H2,1-4H3,(H,40,46)/t29-/m0/s1. The molecular formula is C38H44ClN5O4S. The lowest BCUT2D eigenvalue weighted by Crippen LogP contribution is -2.46. The van der Waals surface area contributed by atoms with Crippen LogP contribution in [0.15, 0.2) is 71.6 Å². The van der Waals surface area contributed by atoms with Gasteiger partial charge in [-0.15, -0.1) is 11.8 Å². The highest BCUT2D eigenvalue weighted by Gasteiger charge is 2.32. The Morgan fingerprint density at radius 2 is 1.69 bits per heavy atom. The topological polar surface area (TPSA) is 108 Å². The second-order valence-electron chi connectivity index (χ2n) is 12.4. The van der Waals surface area contributed by atoms with Crippen molar-refractivity contribution in [1.29, 1.82) is 0 Å². The van der Waals surface area contributed by atoms with Gasteiger partial charge in [-0.2, -0.15) is 5.10 Å². The van der Waals surface area contributed by atoms with E-state index >= 15 is 0 Å². The number of anilines is 1. The minimum absolute atomic E-state index is 0.141. The molecule has 0 spiro atoms. The Morgan fingerprint density at radius 1 is 0.980 bits per heavy atom. The molecule has 258 valence electrons. The molecule has 4 aromatic rings. The minimum atomic E-state index is -0.442. The van der Waals surface area contributed by atoms with E-state index in [2.05, 4.69) is 19.2 Å². The number of aryl methyl sites for hydroxylation is 1. The van der Waals surface area contributed by atoms with Gasteiger partial charge < -0.3 is 20.2 Å². The molecule has 1 atom stereocenters. The van der Waals surface area contributed by atoms with Gasteiger partial charge >= 0.3 is 0 Å². The smallest absolute Gasteiger partial charge is 0.274 e. The Balaban J connectivity index is 1.55. The fourth-order valence-corrected chi connectivity index (χ4v) is 6.76. The van der Waals surface area contributed by atoms with Gasteiger partial charge in [-0.1, -0.05) is 62.6 Å². The number of fused-ring (bicyclic) bond motifs is 1. The molecule has 0 radical (unpaired) electrons. The molecule has 0 unspecified atom stereocenters. The Bertz CT molecular complexity index is 1820. The zero-order valence-electron chi connectivity index (χ0n) is 28.5. The molecule has 2 heterocycles. The first-order chi connectivity index (χ1) is 23.7. The summed E-state index contributed by atoms with van der Waals surface area (Å²) >= 11 is 7.91. The monoisotopic (exact) mass is 701 g/mol. The number of carbonyl (C=O) groups excluding carboxylic acids is 3. The molecule has 9 nitrogen and oxygen atoms in total. The van der Waals surface area contributed by atoms with Crippen LogP contribution in [0.25, 0.3) is 5.69 Å². The summed E-state index contributed by atoms with van der Waals surface area (Å²) in [7, 11) is 0. The van der Waals surface area contributed by atoms with Gasteiger partial charge in [0.2, 0.25) is 0 Å². The summed E-state index contributed by atoms with van der Waals surface area (Å²) in [6, 6.07) is 19.6. The number of aliphatic hydroxyl groups is 1. The van der Waals surface area contributed by atoms with Crippen LogP contribution in [-0.4, -0.2) is 74.4 Å². The molecule has 49 heavy (non-hydrogen) atoms. The highest BCUT2D eigenvalue weighted by Crippen LogP contribution is 2.30. The van der Waals surface area contributed by atoms with Crippen molar-refractivity contribution in [2.75, 3.05) is 31.3 Å². The fourth-order valence-electron chi connectivity index (χ4n) is 6.11. The number of hydrogen-bond acceptors (Lipinski definition) is 6. The second-order valence-corrected chi connectivity index (χ2v) is 13.6. The Hall–Kier alpha value is -4.12. The van der Waals surface area contributed by atoms with Crippen molar-refractivity contribution in [1.82, 2.24) is 19.6 Å². The molecule has 1 aliphatic heterocycles. The Morgan fingerprint density at radius 3 is 2.37 bits per heavy atom. The number of aliphatic hydroxyl groups excluding tert-OH is 1. The highest BCUT2D eigenvalue weighted by molar-refractivity contribution is 7.98. The van der Waals surface area contributed by atoms with Crippen LogP contribution in [0.1, 0.15) is 87.6 Å². The molecule has 11 heteroatoms. The van der Waals surface area contributed by atoms with Gasteiger partial charge in [-0.25, -0.2) is 4.68 Å². The molecule has 3 amide bonds. The minimum Gasteiger partial charge on any atom is -0.394 e. The summed E-state index contributed by atoms with van der Waals surface area (Å²) in [5, 5.41) is 18.4. The van der Waals surface area contributed by atoms with Crippen molar-refractivity contribution in [3.05, 3.63) is 105 Å². The summed E-state index contributed by atoms with van der Waals surface area (Å²) in [4.78, 5) is 46.1. The number of aromatic nitrogens is 2. The van der Waals surface area contributed by atoms with Crippen molar-refractivity contribution in [3.8, 4) is 5.69 Å². The van der Waals surface area contributed by atoms with E-state index in [0.29, 0.717) is 59.4 Å². The number of carbonyl (C=O) groups is 3. The van der Waals surface area contributed by atoms with Crippen molar-refractivity contribution >= 4 is 46.8 Å². The normalized spacial score (nSPS) is 14.0. The van der Waals surface area contributed by atoms with Crippen molar-refractivity contribution in [3.63, 3.8) is 0 Å². The van der Waals surface area contributed by atoms with E-state index in [1.54, 1.807) is 46.0 Å². The summed E-state index contributed by atoms with van der Waals surface area (Å²) in [5.41, 5.74) is 4.56. The van der Waals surface area contributed by atoms with Gasteiger partial charge in [0.15, 0.2) is 5.69 Å². The van der Waals surface area contributed by atoms with Gasteiger partial charge in [0.05, 0.1) is 34.5 Å². The largest absolute Gasteiger partial charge is 0.394 e. The first kappa shape index (κ1) is 36.2. The van der Waals surface area contributed by atoms with Gasteiger partial charge in [-0.3, -0.25) is 14.4 Å². The molecule has 0 bridgehead atoms. The summed E-state index contributed by atoms with van der Waals surface area (Å²) in [6.45, 7) is 7.48. The van der Waals surface area contributed by atoms with Crippen LogP contribution in [0.4, 0.5) is 5.69 Å². The van der Waals surface area contributed by atoms with Gasteiger partial charge in [0.1, 0.15) is 0 Å². The first-order valence-electron chi connectivity index (χ1n) is 16.8. The lowest BCUT2D eigenvalue weighted by Gasteiger charge is -2.36. The van der Waals surface area contributed by atoms with Crippen molar-refractivity contribution in [2.24, 2.45) is 0 Å². The fraction of sp³-hybridized carbons (Fsp3) is 0.368. The number of thioether (sulfide) groups is 1. The third-order valence-corrected chi connectivity index (χ3v) is 9.97. The summed E-state index contributed by atoms with van der Waals surface area (Å²) in [6.07, 6.45) is 6.19. The van der Waals surface area contributed by atoms with E-state index in [4.69, 9.17) is 16.7 Å². The zero-order chi connectivity index (χ0) is 35.1. The van der Waals surface area contributed by atoms with E-state index in [1.807, 2.05) is 48.4 Å². The maximum atomic E-state index is 14.6. The van der Waals surface area contributed by atoms with Crippen molar-refractivity contribution < 1.29 is 19.5 Å². The number of halogens is 1. The van der Waals surface area contributed by atoms with E-state index < -0.39 is 11.9 Å². The zero-order valence-corrected chi connectivity index (χ0v) is 30.1. The molecule has 2 N–H and O–H groups in total. The molecule has 3 aromatic carbocycles. The SMILES string of the molecule is CCCCN(CCCC)C(=O)c1cc(C)n(-c2ccc(NC(=O)c3cc(SC)ccc3Cl)cc2C(=O)N2Cc3ccccc3C[C@H]2CO)n1. The summed E-state index contributed by atoms with van der Waals surface area (Å²) in [5.74, 6) is -0.871. The molecule has 0 saturated heterocycles. The van der Waals surface area contributed by atoms with Crippen LogP contribution in [-0.2, 0) is 13.0 Å². The molecule has 0 saturated carbocycles. The van der Waals surface area contributed by atoms with Crippen LogP contribution in [0, 0.1) is 6.92 Å². The Kier molecular flexibility index (Phi) is 12.2. The lowest BCUT2D eigenvalue weighted by atomic mass is 9.93. The van der Waals surface area contributed by atoms with Crippen LogP contribution >= 0.6 is 23.4 Å². The van der Waals surface area contributed by atoms with E-state index in [-0.39, 0.29) is 24.0 Å². The van der Waals surface area contributed by atoms with Crippen LogP contribution in [0.3, 0.4) is 0 Å². The first-order valence-corrected chi connectivity index (χ1v) is 18.4. The lowest BCUT2D eigenvalue weighted by molar-refractivity contribution is 0.0544. The number of unbranched alkanes of at least 4 members (excludes halogenated alkanes) is 2. The average molecular weight is 702 g/mol. The van der Waals surface area contributed by atoms with Gasteiger partial charge in [0, 0.05) is 35.9 Å². The number of amides is 3. The number of benzene rings is 3. The van der Waals surface area contributed by atoms with Crippen LogP contribution in [0.2, 0.25) is 5.02 Å². The Labute approximate surface area is 297 Å². The molecule has 0 aliphatic carbocycles. The van der Waals surface area contributed by atoms with Crippen LogP contribution < -0.4 is 5.32 Å². The van der Waals surface area contributed by atoms with E-state index in [1.165, 1.54) is 11.8 Å². The van der Waals surface area contributed by atoms with Crippen LogP contribution in [0.5, 0.6) is 0 Å².